The van der Waals surface area contributed by atoms with Crippen molar-refractivity contribution in [3.63, 3.8) is 0 Å². The Hall–Kier alpha value is -1.37. The Morgan fingerprint density at radius 1 is 1.44 bits per heavy atom. The SMILES string of the molecule is O=Cc1c(Sc2ncccc2Cl)nc2sccn12. The Kier molecular flexibility index (Phi) is 3.07. The summed E-state index contributed by atoms with van der Waals surface area (Å²) in [7, 11) is 0. The molecule has 0 bridgehead atoms. The summed E-state index contributed by atoms with van der Waals surface area (Å²) in [6.45, 7) is 0. The number of fused-ring (bicyclic) bond motifs is 1. The van der Waals surface area contributed by atoms with Gasteiger partial charge in [0.05, 0.1) is 5.02 Å². The molecule has 0 amide bonds. The molecule has 90 valence electrons. The highest BCUT2D eigenvalue weighted by atomic mass is 35.5. The molecule has 0 N–H and O–H groups in total. The number of carbonyl (C=O) groups is 1. The molecule has 18 heavy (non-hydrogen) atoms. The average Bonchev–Trinajstić information content (AvgIpc) is 2.92. The standard InChI is InChI=1S/C11H6ClN3OS2/c12-7-2-1-3-13-9(7)18-10-8(6-16)15-4-5-17-11(15)14-10/h1-6H. The minimum absolute atomic E-state index is 0.526. The number of halogens is 1. The van der Waals surface area contributed by atoms with Crippen LogP contribution in [0.2, 0.25) is 5.02 Å². The minimum Gasteiger partial charge on any atom is -0.296 e. The van der Waals surface area contributed by atoms with Gasteiger partial charge in [-0.25, -0.2) is 9.97 Å². The molecule has 0 radical (unpaired) electrons. The molecule has 0 aliphatic heterocycles. The predicted molar refractivity (Wildman–Crippen MR) is 71.8 cm³/mol. The molecule has 7 heteroatoms. The summed E-state index contributed by atoms with van der Waals surface area (Å²) in [5, 5.41) is 3.71. The van der Waals surface area contributed by atoms with Gasteiger partial charge in [-0.05, 0) is 23.9 Å². The zero-order valence-electron chi connectivity index (χ0n) is 8.91. The molecule has 0 aromatic carbocycles. The Morgan fingerprint density at radius 3 is 3.11 bits per heavy atom. The van der Waals surface area contributed by atoms with E-state index in [9.17, 15) is 4.79 Å². The lowest BCUT2D eigenvalue weighted by molar-refractivity contribution is 0.111. The van der Waals surface area contributed by atoms with Crippen LogP contribution in [0.15, 0.2) is 40.0 Å². The summed E-state index contributed by atoms with van der Waals surface area (Å²) < 4.78 is 1.76. The number of pyridine rings is 1. The molecule has 0 saturated heterocycles. The van der Waals surface area contributed by atoms with E-state index in [1.54, 1.807) is 22.7 Å². The van der Waals surface area contributed by atoms with Crippen LogP contribution < -0.4 is 0 Å². The molecule has 0 aliphatic rings. The van der Waals surface area contributed by atoms with E-state index in [1.807, 2.05) is 11.6 Å². The van der Waals surface area contributed by atoms with Gasteiger partial charge in [-0.2, -0.15) is 0 Å². The Bertz CT molecular complexity index is 722. The summed E-state index contributed by atoms with van der Waals surface area (Å²) in [6, 6.07) is 3.52. The lowest BCUT2D eigenvalue weighted by atomic mass is 10.5. The van der Waals surface area contributed by atoms with Gasteiger partial charge < -0.3 is 0 Å². The van der Waals surface area contributed by atoms with Gasteiger partial charge in [-0.15, -0.1) is 11.3 Å². The maximum Gasteiger partial charge on any atom is 0.195 e. The summed E-state index contributed by atoms with van der Waals surface area (Å²) in [4.78, 5) is 20.5. The van der Waals surface area contributed by atoms with Crippen molar-refractivity contribution in [3.05, 3.63) is 40.6 Å². The van der Waals surface area contributed by atoms with E-state index in [-0.39, 0.29) is 0 Å². The number of hydrogen-bond acceptors (Lipinski definition) is 5. The van der Waals surface area contributed by atoms with Crippen molar-refractivity contribution in [2.24, 2.45) is 0 Å². The third kappa shape index (κ3) is 1.92. The number of thiazole rings is 1. The third-order valence-electron chi connectivity index (χ3n) is 2.30. The van der Waals surface area contributed by atoms with Crippen LogP contribution in [0, 0.1) is 0 Å². The molecular weight excluding hydrogens is 290 g/mol. The van der Waals surface area contributed by atoms with Crippen LogP contribution in [-0.2, 0) is 0 Å². The monoisotopic (exact) mass is 295 g/mol. The number of rotatable bonds is 3. The van der Waals surface area contributed by atoms with Crippen LogP contribution in [0.5, 0.6) is 0 Å². The normalized spacial score (nSPS) is 10.9. The third-order valence-corrected chi connectivity index (χ3v) is 4.48. The number of nitrogens with zero attached hydrogens (tertiary/aromatic N) is 3. The first-order valence-corrected chi connectivity index (χ1v) is 7.06. The summed E-state index contributed by atoms with van der Waals surface area (Å²) in [5.74, 6) is 0. The highest BCUT2D eigenvalue weighted by Gasteiger charge is 2.15. The smallest absolute Gasteiger partial charge is 0.195 e. The fraction of sp³-hybridized carbons (Fsp3) is 0. The Balaban J connectivity index is 2.07. The molecule has 3 aromatic rings. The number of aldehydes is 1. The van der Waals surface area contributed by atoms with Crippen LogP contribution in [0.1, 0.15) is 10.5 Å². The molecule has 0 atom stereocenters. The van der Waals surface area contributed by atoms with Crippen LogP contribution in [0.3, 0.4) is 0 Å². The van der Waals surface area contributed by atoms with Gasteiger partial charge in [0.2, 0.25) is 0 Å². The van der Waals surface area contributed by atoms with Gasteiger partial charge in [0, 0.05) is 17.8 Å². The first kappa shape index (κ1) is 11.7. The molecule has 0 aliphatic carbocycles. The molecular formula is C11H6ClN3OS2. The van der Waals surface area contributed by atoms with Crippen molar-refractivity contribution < 1.29 is 4.79 Å². The lowest BCUT2D eigenvalue weighted by Crippen LogP contribution is -1.89. The molecule has 4 nitrogen and oxygen atoms in total. The van der Waals surface area contributed by atoms with Crippen LogP contribution >= 0.6 is 34.7 Å². The van der Waals surface area contributed by atoms with Crippen molar-refractivity contribution in [2.45, 2.75) is 10.1 Å². The van der Waals surface area contributed by atoms with Gasteiger partial charge >= 0.3 is 0 Å². The van der Waals surface area contributed by atoms with Crippen LogP contribution in [0.25, 0.3) is 4.96 Å². The van der Waals surface area contributed by atoms with Gasteiger partial charge in [-0.3, -0.25) is 9.20 Å². The molecule has 0 fully saturated rings. The van der Waals surface area contributed by atoms with Gasteiger partial charge in [-0.1, -0.05) is 11.6 Å². The number of hydrogen-bond donors (Lipinski definition) is 0. The van der Waals surface area contributed by atoms with E-state index in [0.29, 0.717) is 20.8 Å². The summed E-state index contributed by atoms with van der Waals surface area (Å²) in [5.41, 5.74) is 0.526. The second-order valence-corrected chi connectivity index (χ2v) is 5.63. The molecule has 3 aromatic heterocycles. The molecule has 0 unspecified atom stereocenters. The fourth-order valence-electron chi connectivity index (χ4n) is 1.50. The zero-order chi connectivity index (χ0) is 12.5. The van der Waals surface area contributed by atoms with Crippen LogP contribution in [-0.4, -0.2) is 20.7 Å². The van der Waals surface area contributed by atoms with Crippen molar-refractivity contribution in [2.75, 3.05) is 0 Å². The van der Waals surface area contributed by atoms with E-state index in [4.69, 9.17) is 11.6 Å². The fourth-order valence-corrected chi connectivity index (χ4v) is 3.37. The topological polar surface area (TPSA) is 47.3 Å². The first-order chi connectivity index (χ1) is 8.79. The highest BCUT2D eigenvalue weighted by molar-refractivity contribution is 7.99. The van der Waals surface area contributed by atoms with Gasteiger partial charge in [0.25, 0.3) is 0 Å². The van der Waals surface area contributed by atoms with Gasteiger partial charge in [0.15, 0.2) is 11.2 Å². The number of aromatic nitrogens is 3. The quantitative estimate of drug-likeness (QED) is 0.695. The maximum atomic E-state index is 11.2. The summed E-state index contributed by atoms with van der Waals surface area (Å²) in [6.07, 6.45) is 4.28. The zero-order valence-corrected chi connectivity index (χ0v) is 11.3. The maximum absolute atomic E-state index is 11.2. The number of imidazole rings is 1. The van der Waals surface area contributed by atoms with Crippen molar-refractivity contribution in [1.82, 2.24) is 14.4 Å². The van der Waals surface area contributed by atoms with Gasteiger partial charge in [0.1, 0.15) is 15.7 Å². The van der Waals surface area contributed by atoms with Crippen molar-refractivity contribution >= 4 is 45.9 Å². The second-order valence-electron chi connectivity index (χ2n) is 3.37. The first-order valence-electron chi connectivity index (χ1n) is 4.98. The van der Waals surface area contributed by atoms with Crippen molar-refractivity contribution in [1.29, 1.82) is 0 Å². The largest absolute Gasteiger partial charge is 0.296 e. The minimum atomic E-state index is 0.526. The van der Waals surface area contributed by atoms with E-state index in [1.165, 1.54) is 23.1 Å². The average molecular weight is 296 g/mol. The molecule has 3 heterocycles. The van der Waals surface area contributed by atoms with E-state index < -0.39 is 0 Å². The Morgan fingerprint density at radius 2 is 2.33 bits per heavy atom. The molecule has 0 saturated carbocycles. The molecule has 0 spiro atoms. The predicted octanol–water partition coefficient (Wildman–Crippen LogP) is 3.41. The number of carbonyl (C=O) groups excluding carboxylic acids is 1. The van der Waals surface area contributed by atoms with E-state index >= 15 is 0 Å². The van der Waals surface area contributed by atoms with Crippen molar-refractivity contribution in [3.8, 4) is 0 Å². The van der Waals surface area contributed by atoms with Crippen LogP contribution in [0.4, 0.5) is 0 Å². The van der Waals surface area contributed by atoms with E-state index in [2.05, 4.69) is 9.97 Å². The lowest BCUT2D eigenvalue weighted by Gasteiger charge is -2.00. The highest BCUT2D eigenvalue weighted by Crippen LogP contribution is 2.33. The Labute approximate surface area is 116 Å². The van der Waals surface area contributed by atoms with E-state index in [0.717, 1.165) is 11.2 Å². The second kappa shape index (κ2) is 4.72. The molecule has 3 rings (SSSR count). The summed E-state index contributed by atoms with van der Waals surface area (Å²) >= 11 is 8.81.